The van der Waals surface area contributed by atoms with Crippen molar-refractivity contribution in [3.8, 4) is 0 Å². The molecular formula is C16H19ClN6. The van der Waals surface area contributed by atoms with E-state index in [1.54, 1.807) is 18.6 Å². The Morgan fingerprint density at radius 3 is 2.61 bits per heavy atom. The van der Waals surface area contributed by atoms with Crippen LogP contribution in [0, 0.1) is 0 Å². The Hall–Kier alpha value is -2.21. The maximum Gasteiger partial charge on any atom is 0.226 e. The van der Waals surface area contributed by atoms with E-state index in [1.807, 2.05) is 16.8 Å². The molecule has 0 bridgehead atoms. The number of hydrogen-bond donors (Lipinski definition) is 1. The lowest BCUT2D eigenvalue weighted by molar-refractivity contribution is 0.546. The van der Waals surface area contributed by atoms with E-state index in [4.69, 9.17) is 11.6 Å². The monoisotopic (exact) mass is 330 g/mol. The summed E-state index contributed by atoms with van der Waals surface area (Å²) >= 11 is 6.08. The third-order valence-electron chi connectivity index (χ3n) is 3.77. The zero-order valence-electron chi connectivity index (χ0n) is 13.4. The number of nitrogens with zero attached hydrogens (tertiary/aromatic N) is 5. The minimum absolute atomic E-state index is 0.210. The van der Waals surface area contributed by atoms with E-state index in [0.717, 1.165) is 17.6 Å². The lowest BCUT2D eigenvalue weighted by Gasteiger charge is -2.14. The van der Waals surface area contributed by atoms with Crippen LogP contribution in [0.1, 0.15) is 38.3 Å². The van der Waals surface area contributed by atoms with E-state index in [1.165, 1.54) is 5.56 Å². The van der Waals surface area contributed by atoms with Gasteiger partial charge in [0, 0.05) is 25.0 Å². The summed E-state index contributed by atoms with van der Waals surface area (Å²) in [5.74, 6) is 1.04. The number of hydrogen-bond acceptors (Lipinski definition) is 5. The van der Waals surface area contributed by atoms with Crippen molar-refractivity contribution in [3.63, 3.8) is 0 Å². The average Bonchev–Trinajstić information content (AvgIpc) is 2.97. The highest BCUT2D eigenvalue weighted by Gasteiger charge is 2.14. The number of halogens is 1. The molecule has 120 valence electrons. The molecule has 6 nitrogen and oxygen atoms in total. The van der Waals surface area contributed by atoms with Crippen LogP contribution < -0.4 is 5.32 Å². The van der Waals surface area contributed by atoms with Gasteiger partial charge in [-0.25, -0.2) is 4.68 Å². The van der Waals surface area contributed by atoms with Gasteiger partial charge in [0.2, 0.25) is 5.28 Å². The molecule has 0 amide bonds. The van der Waals surface area contributed by atoms with Gasteiger partial charge in [-0.1, -0.05) is 6.92 Å². The molecule has 0 radical (unpaired) electrons. The van der Waals surface area contributed by atoms with Crippen molar-refractivity contribution < 1.29 is 0 Å². The van der Waals surface area contributed by atoms with Crippen LogP contribution in [0.3, 0.4) is 0 Å². The summed E-state index contributed by atoms with van der Waals surface area (Å²) < 4.78 is 1.85. The SMILES string of the molecule is CC(CNc1nc(Cl)nc2c1cnn2C(C)C)c1ccncc1. The molecule has 7 heteroatoms. The van der Waals surface area contributed by atoms with Gasteiger partial charge in [-0.3, -0.25) is 4.98 Å². The molecule has 0 aromatic carbocycles. The Labute approximate surface area is 139 Å². The number of anilines is 1. The summed E-state index contributed by atoms with van der Waals surface area (Å²) in [6.45, 7) is 7.00. The first-order valence-corrected chi connectivity index (χ1v) is 7.98. The van der Waals surface area contributed by atoms with Crippen LogP contribution in [0.25, 0.3) is 11.0 Å². The van der Waals surface area contributed by atoms with Gasteiger partial charge in [-0.2, -0.15) is 15.1 Å². The maximum atomic E-state index is 6.08. The Balaban J connectivity index is 1.85. The van der Waals surface area contributed by atoms with Crippen LogP contribution in [-0.4, -0.2) is 31.3 Å². The number of nitrogens with one attached hydrogen (secondary N) is 1. The van der Waals surface area contributed by atoms with Crippen LogP contribution in [0.2, 0.25) is 5.28 Å². The second-order valence-electron chi connectivity index (χ2n) is 5.82. The molecular weight excluding hydrogens is 312 g/mol. The third kappa shape index (κ3) is 3.27. The van der Waals surface area contributed by atoms with Crippen molar-refractivity contribution in [3.05, 3.63) is 41.6 Å². The van der Waals surface area contributed by atoms with Crippen LogP contribution in [-0.2, 0) is 0 Å². The molecule has 0 saturated heterocycles. The predicted octanol–water partition coefficient (Wildman–Crippen LogP) is 3.67. The van der Waals surface area contributed by atoms with Crippen LogP contribution in [0.15, 0.2) is 30.7 Å². The van der Waals surface area contributed by atoms with E-state index in [-0.39, 0.29) is 11.3 Å². The Morgan fingerprint density at radius 1 is 1.17 bits per heavy atom. The van der Waals surface area contributed by atoms with Crippen LogP contribution in [0.5, 0.6) is 0 Å². The van der Waals surface area contributed by atoms with Crippen molar-refractivity contribution in [1.82, 2.24) is 24.7 Å². The molecule has 1 atom stereocenters. The average molecular weight is 331 g/mol. The van der Waals surface area contributed by atoms with E-state index >= 15 is 0 Å². The molecule has 3 aromatic rings. The molecule has 0 aliphatic heterocycles. The lowest BCUT2D eigenvalue weighted by atomic mass is 10.0. The largest absolute Gasteiger partial charge is 0.369 e. The topological polar surface area (TPSA) is 68.5 Å². The highest BCUT2D eigenvalue weighted by molar-refractivity contribution is 6.28. The van der Waals surface area contributed by atoms with Gasteiger partial charge in [0.05, 0.1) is 11.6 Å². The van der Waals surface area contributed by atoms with Gasteiger partial charge < -0.3 is 5.32 Å². The third-order valence-corrected chi connectivity index (χ3v) is 3.94. The van der Waals surface area contributed by atoms with Crippen molar-refractivity contribution in [2.45, 2.75) is 32.7 Å². The summed E-state index contributed by atoms with van der Waals surface area (Å²) in [6.07, 6.45) is 5.39. The normalized spacial score (nSPS) is 12.7. The first-order valence-electron chi connectivity index (χ1n) is 7.61. The predicted molar refractivity (Wildman–Crippen MR) is 91.9 cm³/mol. The molecule has 23 heavy (non-hydrogen) atoms. The van der Waals surface area contributed by atoms with E-state index < -0.39 is 0 Å². The van der Waals surface area contributed by atoms with Crippen molar-refractivity contribution in [2.75, 3.05) is 11.9 Å². The van der Waals surface area contributed by atoms with Gasteiger partial charge in [-0.05, 0) is 49.1 Å². The first-order chi connectivity index (χ1) is 11.1. The highest BCUT2D eigenvalue weighted by Crippen LogP contribution is 2.25. The molecule has 3 aromatic heterocycles. The summed E-state index contributed by atoms with van der Waals surface area (Å²) in [6, 6.07) is 4.25. The van der Waals surface area contributed by atoms with Gasteiger partial charge >= 0.3 is 0 Å². The standard InChI is InChI=1S/C16H19ClN6/c1-10(2)23-15-13(9-20-23)14(21-16(17)22-15)19-8-11(3)12-4-6-18-7-5-12/h4-7,9-11H,8H2,1-3H3,(H,19,21,22). The van der Waals surface area contributed by atoms with Crippen molar-refractivity contribution >= 4 is 28.5 Å². The molecule has 0 fully saturated rings. The van der Waals surface area contributed by atoms with E-state index in [0.29, 0.717) is 11.7 Å². The quantitative estimate of drug-likeness (QED) is 0.723. The van der Waals surface area contributed by atoms with Crippen LogP contribution >= 0.6 is 11.6 Å². The summed E-state index contributed by atoms with van der Waals surface area (Å²) in [7, 11) is 0. The molecule has 1 unspecified atom stereocenters. The molecule has 1 N–H and O–H groups in total. The molecule has 3 rings (SSSR count). The van der Waals surface area contributed by atoms with Gasteiger partial charge in [0.1, 0.15) is 5.82 Å². The van der Waals surface area contributed by atoms with Gasteiger partial charge in [-0.15, -0.1) is 0 Å². The Morgan fingerprint density at radius 2 is 1.91 bits per heavy atom. The fraction of sp³-hybridized carbons (Fsp3) is 0.375. The smallest absolute Gasteiger partial charge is 0.226 e. The van der Waals surface area contributed by atoms with E-state index in [2.05, 4.69) is 46.1 Å². The minimum atomic E-state index is 0.210. The minimum Gasteiger partial charge on any atom is -0.369 e. The number of pyridine rings is 1. The number of fused-ring (bicyclic) bond motifs is 1. The summed E-state index contributed by atoms with van der Waals surface area (Å²) in [5.41, 5.74) is 1.97. The molecule has 0 saturated carbocycles. The van der Waals surface area contributed by atoms with Crippen molar-refractivity contribution in [2.24, 2.45) is 0 Å². The summed E-state index contributed by atoms with van der Waals surface area (Å²) in [5, 5.41) is 8.86. The summed E-state index contributed by atoms with van der Waals surface area (Å²) in [4.78, 5) is 12.7. The molecule has 3 heterocycles. The molecule has 0 spiro atoms. The zero-order valence-corrected chi connectivity index (χ0v) is 14.1. The van der Waals surface area contributed by atoms with Gasteiger partial charge in [0.15, 0.2) is 5.65 Å². The van der Waals surface area contributed by atoms with E-state index in [9.17, 15) is 0 Å². The van der Waals surface area contributed by atoms with Crippen LogP contribution in [0.4, 0.5) is 5.82 Å². The lowest BCUT2D eigenvalue weighted by Crippen LogP contribution is -2.12. The van der Waals surface area contributed by atoms with Gasteiger partial charge in [0.25, 0.3) is 0 Å². The fourth-order valence-electron chi connectivity index (χ4n) is 2.47. The second-order valence-corrected chi connectivity index (χ2v) is 6.16. The molecule has 0 aliphatic rings. The Kier molecular flexibility index (Phi) is 4.43. The number of aromatic nitrogens is 5. The molecule has 0 aliphatic carbocycles. The Bertz CT molecular complexity index is 799. The first kappa shape index (κ1) is 15.7. The van der Waals surface area contributed by atoms with Crippen molar-refractivity contribution in [1.29, 1.82) is 0 Å². The zero-order chi connectivity index (χ0) is 16.4. The number of rotatable bonds is 5. The second kappa shape index (κ2) is 6.50. The maximum absolute atomic E-state index is 6.08. The fourth-order valence-corrected chi connectivity index (χ4v) is 2.64. The highest BCUT2D eigenvalue weighted by atomic mass is 35.5.